The number of nitrogens with zero attached hydrogens (tertiary/aromatic N) is 5. The Labute approximate surface area is 121 Å². The molecular formula is C14H16N6O. The highest BCUT2D eigenvalue weighted by Gasteiger charge is 2.11. The first kappa shape index (κ1) is 13.3. The average Bonchev–Trinajstić information content (AvgIpc) is 3.07. The number of hydrogen-bond acceptors (Lipinski definition) is 4. The van der Waals surface area contributed by atoms with Gasteiger partial charge < -0.3 is 4.98 Å². The first-order chi connectivity index (χ1) is 10.2. The lowest BCUT2D eigenvalue weighted by Crippen LogP contribution is -2.11. The third-order valence-electron chi connectivity index (χ3n) is 3.14. The molecule has 21 heavy (non-hydrogen) atoms. The first-order valence-corrected chi connectivity index (χ1v) is 6.80. The Morgan fingerprint density at radius 2 is 2.19 bits per heavy atom. The molecule has 3 aromatic heterocycles. The van der Waals surface area contributed by atoms with E-state index in [0.29, 0.717) is 11.5 Å². The Morgan fingerprint density at radius 3 is 2.90 bits per heavy atom. The van der Waals surface area contributed by atoms with Crippen LogP contribution in [-0.4, -0.2) is 29.5 Å². The Bertz CT molecular complexity index is 813. The van der Waals surface area contributed by atoms with Crippen molar-refractivity contribution in [2.45, 2.75) is 19.9 Å². The fourth-order valence-electron chi connectivity index (χ4n) is 2.20. The summed E-state index contributed by atoms with van der Waals surface area (Å²) in [5.41, 5.74) is 2.03. The van der Waals surface area contributed by atoms with E-state index in [9.17, 15) is 4.79 Å². The van der Waals surface area contributed by atoms with E-state index in [1.54, 1.807) is 17.1 Å². The molecule has 0 saturated heterocycles. The number of nitrogens with one attached hydrogen (secondary N) is 1. The van der Waals surface area contributed by atoms with Gasteiger partial charge in [0.2, 0.25) is 0 Å². The molecule has 3 aromatic rings. The summed E-state index contributed by atoms with van der Waals surface area (Å²) < 4.78 is 3.52. The standard InChI is InChI=1S/C14H16N6O/c1-3-6-20-12(4-5-15-20)14-17-11(7-13(21)18-14)10-8-16-19(2)9-10/h4-5,7-9H,3,6H2,1-2H3,(H,17,18,21). The van der Waals surface area contributed by atoms with Crippen LogP contribution in [0.1, 0.15) is 13.3 Å². The molecule has 0 unspecified atom stereocenters. The first-order valence-electron chi connectivity index (χ1n) is 6.80. The van der Waals surface area contributed by atoms with Crippen LogP contribution in [0.2, 0.25) is 0 Å². The fraction of sp³-hybridized carbons (Fsp3) is 0.286. The Morgan fingerprint density at radius 1 is 1.33 bits per heavy atom. The maximum atomic E-state index is 11.9. The summed E-state index contributed by atoms with van der Waals surface area (Å²) in [6.07, 6.45) is 6.19. The maximum absolute atomic E-state index is 11.9. The van der Waals surface area contributed by atoms with E-state index in [2.05, 4.69) is 27.1 Å². The highest BCUT2D eigenvalue weighted by Crippen LogP contribution is 2.18. The third kappa shape index (κ3) is 2.62. The lowest BCUT2D eigenvalue weighted by molar-refractivity contribution is 0.606. The van der Waals surface area contributed by atoms with E-state index in [0.717, 1.165) is 24.2 Å². The molecule has 0 fully saturated rings. The molecule has 3 heterocycles. The summed E-state index contributed by atoms with van der Waals surface area (Å²) in [7, 11) is 1.83. The van der Waals surface area contributed by atoms with Gasteiger partial charge in [-0.1, -0.05) is 6.92 Å². The minimum absolute atomic E-state index is 0.192. The second kappa shape index (κ2) is 5.35. The van der Waals surface area contributed by atoms with Crippen molar-refractivity contribution in [3.05, 3.63) is 41.1 Å². The van der Waals surface area contributed by atoms with Gasteiger partial charge in [-0.2, -0.15) is 10.2 Å². The summed E-state index contributed by atoms with van der Waals surface area (Å²) in [4.78, 5) is 19.2. The number of hydrogen-bond donors (Lipinski definition) is 1. The van der Waals surface area contributed by atoms with Crippen molar-refractivity contribution >= 4 is 0 Å². The molecule has 0 atom stereocenters. The van der Waals surface area contributed by atoms with Crippen LogP contribution in [0, 0.1) is 0 Å². The van der Waals surface area contributed by atoms with E-state index in [1.807, 2.05) is 24.0 Å². The molecule has 0 aliphatic rings. The minimum atomic E-state index is -0.192. The second-order valence-corrected chi connectivity index (χ2v) is 4.82. The number of H-pyrrole nitrogens is 1. The zero-order chi connectivity index (χ0) is 14.8. The number of aryl methyl sites for hydroxylation is 2. The van der Waals surface area contributed by atoms with Crippen molar-refractivity contribution < 1.29 is 0 Å². The zero-order valence-corrected chi connectivity index (χ0v) is 11.9. The summed E-state index contributed by atoms with van der Waals surface area (Å²) in [6.45, 7) is 2.86. The highest BCUT2D eigenvalue weighted by molar-refractivity contribution is 5.60. The van der Waals surface area contributed by atoms with Gasteiger partial charge in [-0.05, 0) is 12.5 Å². The molecule has 7 nitrogen and oxygen atoms in total. The van der Waals surface area contributed by atoms with Crippen LogP contribution in [0.4, 0.5) is 0 Å². The fourth-order valence-corrected chi connectivity index (χ4v) is 2.20. The summed E-state index contributed by atoms with van der Waals surface area (Å²) >= 11 is 0. The van der Waals surface area contributed by atoms with Crippen molar-refractivity contribution in [3.8, 4) is 22.8 Å². The molecule has 108 valence electrons. The van der Waals surface area contributed by atoms with Crippen molar-refractivity contribution in [1.82, 2.24) is 29.5 Å². The van der Waals surface area contributed by atoms with Gasteiger partial charge in [-0.3, -0.25) is 14.2 Å². The van der Waals surface area contributed by atoms with Crippen molar-refractivity contribution in [2.75, 3.05) is 0 Å². The largest absolute Gasteiger partial charge is 0.305 e. The molecule has 0 saturated carbocycles. The van der Waals surface area contributed by atoms with Crippen LogP contribution < -0.4 is 5.56 Å². The smallest absolute Gasteiger partial charge is 0.251 e. The molecule has 0 spiro atoms. The van der Waals surface area contributed by atoms with Crippen LogP contribution in [0.25, 0.3) is 22.8 Å². The van der Waals surface area contributed by atoms with Gasteiger partial charge >= 0.3 is 0 Å². The second-order valence-electron chi connectivity index (χ2n) is 4.82. The lowest BCUT2D eigenvalue weighted by Gasteiger charge is -2.06. The van der Waals surface area contributed by atoms with Crippen molar-refractivity contribution in [3.63, 3.8) is 0 Å². The van der Waals surface area contributed by atoms with Gasteiger partial charge in [0.15, 0.2) is 5.82 Å². The lowest BCUT2D eigenvalue weighted by atomic mass is 10.2. The van der Waals surface area contributed by atoms with Crippen LogP contribution in [0.5, 0.6) is 0 Å². The highest BCUT2D eigenvalue weighted by atomic mass is 16.1. The Kier molecular flexibility index (Phi) is 3.39. The van der Waals surface area contributed by atoms with Gasteiger partial charge in [0.1, 0.15) is 5.69 Å². The van der Waals surface area contributed by atoms with E-state index in [4.69, 9.17) is 0 Å². The Balaban J connectivity index is 2.09. The van der Waals surface area contributed by atoms with Crippen LogP contribution >= 0.6 is 0 Å². The minimum Gasteiger partial charge on any atom is -0.305 e. The van der Waals surface area contributed by atoms with Crippen LogP contribution in [0.3, 0.4) is 0 Å². The zero-order valence-electron chi connectivity index (χ0n) is 11.9. The van der Waals surface area contributed by atoms with Gasteiger partial charge in [0.05, 0.1) is 11.9 Å². The van der Waals surface area contributed by atoms with E-state index >= 15 is 0 Å². The average molecular weight is 284 g/mol. The predicted octanol–water partition coefficient (Wildman–Crippen LogP) is 1.44. The van der Waals surface area contributed by atoms with Gasteiger partial charge in [-0.15, -0.1) is 0 Å². The number of aromatic amines is 1. The third-order valence-corrected chi connectivity index (χ3v) is 3.14. The SMILES string of the molecule is CCCn1nccc1-c1nc(-c2cnn(C)c2)cc(=O)[nH]1. The van der Waals surface area contributed by atoms with Crippen molar-refractivity contribution in [1.29, 1.82) is 0 Å². The summed E-state index contributed by atoms with van der Waals surface area (Å²) in [5, 5.41) is 8.37. The maximum Gasteiger partial charge on any atom is 0.251 e. The topological polar surface area (TPSA) is 81.4 Å². The molecule has 0 aliphatic carbocycles. The normalized spacial score (nSPS) is 11.0. The molecule has 7 heteroatoms. The molecule has 1 N–H and O–H groups in total. The van der Waals surface area contributed by atoms with E-state index < -0.39 is 0 Å². The molecule has 3 rings (SSSR count). The molecular weight excluding hydrogens is 268 g/mol. The van der Waals surface area contributed by atoms with Crippen LogP contribution in [-0.2, 0) is 13.6 Å². The quantitative estimate of drug-likeness (QED) is 0.786. The molecule has 0 bridgehead atoms. The predicted molar refractivity (Wildman–Crippen MR) is 78.6 cm³/mol. The number of rotatable bonds is 4. The van der Waals surface area contributed by atoms with E-state index in [1.165, 1.54) is 6.07 Å². The van der Waals surface area contributed by atoms with Crippen LogP contribution in [0.15, 0.2) is 35.5 Å². The van der Waals surface area contributed by atoms with Crippen molar-refractivity contribution in [2.24, 2.45) is 7.05 Å². The van der Waals surface area contributed by atoms with Gasteiger partial charge in [0.25, 0.3) is 5.56 Å². The Hall–Kier alpha value is -2.70. The molecule has 0 amide bonds. The summed E-state index contributed by atoms with van der Waals surface area (Å²) in [5.74, 6) is 0.521. The number of aromatic nitrogens is 6. The van der Waals surface area contributed by atoms with Gasteiger partial charge in [-0.25, -0.2) is 4.98 Å². The molecule has 0 aliphatic heterocycles. The molecule has 0 radical (unpaired) electrons. The summed E-state index contributed by atoms with van der Waals surface area (Å²) in [6, 6.07) is 3.32. The van der Waals surface area contributed by atoms with Gasteiger partial charge in [0, 0.05) is 37.6 Å². The van der Waals surface area contributed by atoms with E-state index in [-0.39, 0.29) is 5.56 Å². The monoisotopic (exact) mass is 284 g/mol. The molecule has 0 aromatic carbocycles.